The number of nitrogens with one attached hydrogen (secondary N) is 2. The Balaban J connectivity index is 1.76. The third kappa shape index (κ3) is 4.93. The number of benzene rings is 2. The van der Waals surface area contributed by atoms with E-state index in [4.69, 9.17) is 11.6 Å². The summed E-state index contributed by atoms with van der Waals surface area (Å²) in [6.45, 7) is 4.87. The number of halogens is 1. The molecule has 1 aliphatic rings. The van der Waals surface area contributed by atoms with Crippen molar-refractivity contribution in [3.63, 3.8) is 0 Å². The minimum absolute atomic E-state index is 0.130. The van der Waals surface area contributed by atoms with Gasteiger partial charge >= 0.3 is 0 Å². The SMILES string of the molecule is CC(C)CCNC(=O)c1ccc2c(c1)NC(=O)C(=Cc1ccccc1Cl)S2. The van der Waals surface area contributed by atoms with Crippen molar-refractivity contribution in [1.82, 2.24) is 5.32 Å². The number of hydrogen-bond acceptors (Lipinski definition) is 3. The molecule has 2 aromatic carbocycles. The average molecular weight is 401 g/mol. The standard InChI is InChI=1S/C21H21ClN2O2S/c1-13(2)9-10-23-20(25)15-7-8-18-17(11-15)24-21(26)19(27-18)12-14-5-3-4-6-16(14)22/h3-8,11-13H,9-10H2,1-2H3,(H,23,25)(H,24,26). The Labute approximate surface area is 168 Å². The van der Waals surface area contributed by atoms with E-state index in [1.165, 1.54) is 11.8 Å². The molecule has 0 radical (unpaired) electrons. The second kappa shape index (κ2) is 8.63. The van der Waals surface area contributed by atoms with Crippen LogP contribution in [-0.4, -0.2) is 18.4 Å². The number of thioether (sulfide) groups is 1. The van der Waals surface area contributed by atoms with Gasteiger partial charge in [0.1, 0.15) is 0 Å². The van der Waals surface area contributed by atoms with Gasteiger partial charge in [-0.15, -0.1) is 0 Å². The van der Waals surface area contributed by atoms with Gasteiger partial charge in [0.25, 0.3) is 11.8 Å². The van der Waals surface area contributed by atoms with E-state index < -0.39 is 0 Å². The number of hydrogen-bond donors (Lipinski definition) is 2. The van der Waals surface area contributed by atoms with Crippen molar-refractivity contribution in [1.29, 1.82) is 0 Å². The van der Waals surface area contributed by atoms with Gasteiger partial charge in [-0.1, -0.05) is 55.4 Å². The molecule has 0 saturated heterocycles. The molecule has 0 spiro atoms. The van der Waals surface area contributed by atoms with E-state index in [2.05, 4.69) is 24.5 Å². The maximum Gasteiger partial charge on any atom is 0.262 e. The lowest BCUT2D eigenvalue weighted by molar-refractivity contribution is -0.112. The van der Waals surface area contributed by atoms with Crippen LogP contribution in [0.3, 0.4) is 0 Å². The average Bonchev–Trinajstić information content (AvgIpc) is 2.63. The van der Waals surface area contributed by atoms with Crippen LogP contribution in [0.15, 0.2) is 52.3 Å². The molecule has 1 aliphatic heterocycles. The maximum atomic E-state index is 12.5. The minimum Gasteiger partial charge on any atom is -0.352 e. The smallest absolute Gasteiger partial charge is 0.262 e. The van der Waals surface area contributed by atoms with Crippen molar-refractivity contribution < 1.29 is 9.59 Å². The number of carbonyl (C=O) groups excluding carboxylic acids is 2. The first-order valence-corrected chi connectivity index (χ1v) is 10.0. The molecule has 2 amide bonds. The number of rotatable bonds is 5. The van der Waals surface area contributed by atoms with Gasteiger partial charge in [0.05, 0.1) is 10.6 Å². The Morgan fingerprint density at radius 1 is 1.26 bits per heavy atom. The molecule has 2 N–H and O–H groups in total. The van der Waals surface area contributed by atoms with Crippen LogP contribution >= 0.6 is 23.4 Å². The van der Waals surface area contributed by atoms with Gasteiger partial charge in [0.15, 0.2) is 0 Å². The van der Waals surface area contributed by atoms with E-state index in [9.17, 15) is 9.59 Å². The van der Waals surface area contributed by atoms with Crippen molar-refractivity contribution >= 4 is 46.9 Å². The monoisotopic (exact) mass is 400 g/mol. The molecule has 0 aliphatic carbocycles. The molecule has 1 heterocycles. The first kappa shape index (κ1) is 19.5. The lowest BCUT2D eigenvalue weighted by Crippen LogP contribution is -2.26. The normalized spacial score (nSPS) is 14.8. The summed E-state index contributed by atoms with van der Waals surface area (Å²) < 4.78 is 0. The van der Waals surface area contributed by atoms with Crippen molar-refractivity contribution in [3.8, 4) is 0 Å². The van der Waals surface area contributed by atoms with Gasteiger partial charge < -0.3 is 10.6 Å². The number of fused-ring (bicyclic) bond motifs is 1. The van der Waals surface area contributed by atoms with Crippen LogP contribution in [0.4, 0.5) is 5.69 Å². The second-order valence-corrected chi connectivity index (χ2v) is 8.23. The Kier molecular flexibility index (Phi) is 6.24. The molecule has 0 unspecified atom stereocenters. The largest absolute Gasteiger partial charge is 0.352 e. The molecule has 2 aromatic rings. The molecule has 140 valence electrons. The highest BCUT2D eigenvalue weighted by Crippen LogP contribution is 2.39. The Morgan fingerprint density at radius 2 is 2.04 bits per heavy atom. The Bertz CT molecular complexity index is 909. The summed E-state index contributed by atoms with van der Waals surface area (Å²) in [6, 6.07) is 12.7. The van der Waals surface area contributed by atoms with Crippen LogP contribution in [0.25, 0.3) is 6.08 Å². The van der Waals surface area contributed by atoms with Crippen LogP contribution < -0.4 is 10.6 Å². The van der Waals surface area contributed by atoms with Crippen LogP contribution in [0.5, 0.6) is 0 Å². The van der Waals surface area contributed by atoms with Crippen molar-refractivity contribution in [2.75, 3.05) is 11.9 Å². The Morgan fingerprint density at radius 3 is 2.78 bits per heavy atom. The molecule has 0 aromatic heterocycles. The molecular formula is C21H21ClN2O2S. The molecule has 0 bridgehead atoms. The second-order valence-electron chi connectivity index (χ2n) is 6.74. The fourth-order valence-electron chi connectivity index (χ4n) is 2.61. The Hall–Kier alpha value is -2.24. The zero-order valence-electron chi connectivity index (χ0n) is 15.2. The summed E-state index contributed by atoms with van der Waals surface area (Å²) in [5.74, 6) is 0.202. The van der Waals surface area contributed by atoms with Gasteiger partial charge in [0.2, 0.25) is 0 Å². The zero-order chi connectivity index (χ0) is 19.4. The number of carbonyl (C=O) groups is 2. The summed E-state index contributed by atoms with van der Waals surface area (Å²) in [5.41, 5.74) is 1.98. The van der Waals surface area contributed by atoms with E-state index in [-0.39, 0.29) is 11.8 Å². The summed E-state index contributed by atoms with van der Waals surface area (Å²) in [7, 11) is 0. The highest BCUT2D eigenvalue weighted by Gasteiger charge is 2.22. The van der Waals surface area contributed by atoms with Gasteiger partial charge in [-0.3, -0.25) is 9.59 Å². The quantitative estimate of drug-likeness (QED) is 0.678. The van der Waals surface area contributed by atoms with Gasteiger partial charge in [0, 0.05) is 22.0 Å². The molecule has 0 atom stereocenters. The zero-order valence-corrected chi connectivity index (χ0v) is 16.8. The molecule has 6 heteroatoms. The van der Waals surface area contributed by atoms with Crippen molar-refractivity contribution in [3.05, 3.63) is 63.5 Å². The third-order valence-corrected chi connectivity index (χ3v) is 5.58. The molecule has 4 nitrogen and oxygen atoms in total. The molecule has 27 heavy (non-hydrogen) atoms. The summed E-state index contributed by atoms with van der Waals surface area (Å²) in [5, 5.41) is 6.37. The van der Waals surface area contributed by atoms with Crippen LogP contribution in [0, 0.1) is 5.92 Å². The van der Waals surface area contributed by atoms with Crippen molar-refractivity contribution in [2.24, 2.45) is 5.92 Å². The predicted octanol–water partition coefficient (Wildman–Crippen LogP) is 5.20. The van der Waals surface area contributed by atoms with Crippen molar-refractivity contribution in [2.45, 2.75) is 25.2 Å². The molecular weight excluding hydrogens is 380 g/mol. The van der Waals surface area contributed by atoms with Gasteiger partial charge in [-0.25, -0.2) is 0 Å². The van der Waals surface area contributed by atoms with Gasteiger partial charge in [-0.2, -0.15) is 0 Å². The minimum atomic E-state index is -0.204. The number of anilines is 1. The summed E-state index contributed by atoms with van der Waals surface area (Å²) in [4.78, 5) is 26.2. The molecule has 0 saturated carbocycles. The van der Waals surface area contributed by atoms with Crippen LogP contribution in [0.2, 0.25) is 5.02 Å². The lowest BCUT2D eigenvalue weighted by atomic mass is 10.1. The fourth-order valence-corrected chi connectivity index (χ4v) is 3.72. The predicted molar refractivity (Wildman–Crippen MR) is 112 cm³/mol. The lowest BCUT2D eigenvalue weighted by Gasteiger charge is -2.19. The summed E-state index contributed by atoms with van der Waals surface area (Å²) in [6.07, 6.45) is 2.71. The van der Waals surface area contributed by atoms with Crippen LogP contribution in [0.1, 0.15) is 36.2 Å². The van der Waals surface area contributed by atoms with E-state index in [1.807, 2.05) is 24.3 Å². The van der Waals surface area contributed by atoms with Gasteiger partial charge in [-0.05, 0) is 48.2 Å². The maximum absolute atomic E-state index is 12.5. The first-order chi connectivity index (χ1) is 12.9. The highest BCUT2D eigenvalue weighted by molar-refractivity contribution is 8.04. The topological polar surface area (TPSA) is 58.2 Å². The fraction of sp³-hybridized carbons (Fsp3) is 0.238. The molecule has 0 fully saturated rings. The highest BCUT2D eigenvalue weighted by atomic mass is 35.5. The first-order valence-electron chi connectivity index (χ1n) is 8.81. The number of amides is 2. The van der Waals surface area contributed by atoms with Crippen LogP contribution in [-0.2, 0) is 4.79 Å². The van der Waals surface area contributed by atoms with E-state index in [0.717, 1.165) is 16.9 Å². The van der Waals surface area contributed by atoms with E-state index >= 15 is 0 Å². The summed E-state index contributed by atoms with van der Waals surface area (Å²) >= 11 is 7.55. The molecule has 3 rings (SSSR count). The van der Waals surface area contributed by atoms with E-state index in [1.54, 1.807) is 24.3 Å². The van der Waals surface area contributed by atoms with E-state index in [0.29, 0.717) is 33.6 Å². The third-order valence-electron chi connectivity index (χ3n) is 4.13.